The topological polar surface area (TPSA) is 51.7 Å². The first-order chi connectivity index (χ1) is 13.8. The van der Waals surface area contributed by atoms with Crippen molar-refractivity contribution in [3.8, 4) is 11.5 Å². The molecule has 1 aromatic carbocycles. The van der Waals surface area contributed by atoms with Gasteiger partial charge in [-0.15, -0.1) is 0 Å². The summed E-state index contributed by atoms with van der Waals surface area (Å²) in [6.45, 7) is 0.616. The average Bonchev–Trinajstić information content (AvgIpc) is 3.21. The van der Waals surface area contributed by atoms with Gasteiger partial charge in [0.05, 0.1) is 36.6 Å². The highest BCUT2D eigenvalue weighted by molar-refractivity contribution is 7.99. The van der Waals surface area contributed by atoms with E-state index in [1.54, 1.807) is 25.2 Å². The van der Waals surface area contributed by atoms with Crippen LogP contribution in [0.25, 0.3) is 0 Å². The first kappa shape index (κ1) is 21.3. The van der Waals surface area contributed by atoms with Crippen molar-refractivity contribution in [2.45, 2.75) is 30.1 Å². The van der Waals surface area contributed by atoms with Gasteiger partial charge in [-0.25, -0.2) is 4.98 Å². The maximum atomic E-state index is 12.8. The minimum atomic E-state index is -4.43. The Kier molecular flexibility index (Phi) is 6.56. The number of thioether (sulfide) groups is 1. The lowest BCUT2D eigenvalue weighted by atomic mass is 10.0. The number of ether oxygens (including phenoxy) is 2. The molecule has 1 saturated heterocycles. The van der Waals surface area contributed by atoms with Crippen LogP contribution in [0.1, 0.15) is 30.0 Å². The molecule has 2 aromatic rings. The fraction of sp³-hybridized carbons (Fsp3) is 0.400. The molecule has 1 aliphatic rings. The molecule has 0 spiro atoms. The van der Waals surface area contributed by atoms with Crippen LogP contribution < -0.4 is 9.47 Å². The lowest BCUT2D eigenvalue weighted by Gasteiger charge is -2.26. The maximum Gasteiger partial charge on any atom is 0.417 e. The number of aromatic nitrogens is 1. The minimum absolute atomic E-state index is 0.0935. The van der Waals surface area contributed by atoms with Crippen LogP contribution in [0.5, 0.6) is 11.5 Å². The summed E-state index contributed by atoms with van der Waals surface area (Å²) in [5.41, 5.74) is 0.0771. The SMILES string of the molecule is COc1ccc(OC)c(C2CCCN2C(=O)CSc2ccc(C(F)(F)F)cn2)c1. The molecule has 9 heteroatoms. The Labute approximate surface area is 171 Å². The van der Waals surface area contributed by atoms with Crippen molar-refractivity contribution in [2.75, 3.05) is 26.5 Å². The van der Waals surface area contributed by atoms with Gasteiger partial charge >= 0.3 is 6.18 Å². The highest BCUT2D eigenvalue weighted by Gasteiger charge is 2.33. The van der Waals surface area contributed by atoms with E-state index >= 15 is 0 Å². The van der Waals surface area contributed by atoms with Crippen LogP contribution in [-0.4, -0.2) is 42.3 Å². The summed E-state index contributed by atoms with van der Waals surface area (Å²) < 4.78 is 48.6. The van der Waals surface area contributed by atoms with E-state index in [4.69, 9.17) is 9.47 Å². The van der Waals surface area contributed by atoms with Gasteiger partial charge in [-0.3, -0.25) is 4.79 Å². The zero-order valence-electron chi connectivity index (χ0n) is 16.0. The lowest BCUT2D eigenvalue weighted by Crippen LogP contribution is -2.32. The molecule has 0 N–H and O–H groups in total. The molecule has 1 aliphatic heterocycles. The number of hydrogen-bond donors (Lipinski definition) is 0. The van der Waals surface area contributed by atoms with Gasteiger partial charge in [0, 0.05) is 18.3 Å². The molecule has 29 heavy (non-hydrogen) atoms. The monoisotopic (exact) mass is 426 g/mol. The van der Waals surface area contributed by atoms with E-state index in [9.17, 15) is 18.0 Å². The molecular weight excluding hydrogens is 405 g/mol. The number of alkyl halides is 3. The number of carbonyl (C=O) groups is 1. The molecule has 156 valence electrons. The third-order valence-corrected chi connectivity index (χ3v) is 5.70. The minimum Gasteiger partial charge on any atom is -0.497 e. The number of carbonyl (C=O) groups excluding carboxylic acids is 1. The summed E-state index contributed by atoms with van der Waals surface area (Å²) in [5, 5.41) is 0.376. The number of benzene rings is 1. The highest BCUT2D eigenvalue weighted by Crippen LogP contribution is 2.39. The van der Waals surface area contributed by atoms with Crippen molar-refractivity contribution < 1.29 is 27.4 Å². The van der Waals surface area contributed by atoms with E-state index in [0.29, 0.717) is 23.1 Å². The van der Waals surface area contributed by atoms with Crippen molar-refractivity contribution >= 4 is 17.7 Å². The number of likely N-dealkylation sites (tertiary alicyclic amines) is 1. The third kappa shape index (κ3) is 4.95. The Bertz CT molecular complexity index is 859. The molecule has 0 radical (unpaired) electrons. The fourth-order valence-electron chi connectivity index (χ4n) is 3.34. The highest BCUT2D eigenvalue weighted by atomic mass is 32.2. The normalized spacial score (nSPS) is 16.7. The number of nitrogens with zero attached hydrogens (tertiary/aromatic N) is 2. The molecule has 1 atom stereocenters. The zero-order chi connectivity index (χ0) is 21.0. The second-order valence-corrected chi connectivity index (χ2v) is 7.52. The number of pyridine rings is 1. The Hall–Kier alpha value is -2.42. The van der Waals surface area contributed by atoms with Crippen LogP contribution >= 0.6 is 11.8 Å². The van der Waals surface area contributed by atoms with Gasteiger partial charge in [-0.05, 0) is 43.2 Å². The largest absolute Gasteiger partial charge is 0.497 e. The molecular formula is C20H21F3N2O3S. The van der Waals surface area contributed by atoms with Crippen molar-refractivity contribution in [1.29, 1.82) is 0 Å². The van der Waals surface area contributed by atoms with Gasteiger partial charge in [0.15, 0.2) is 0 Å². The summed E-state index contributed by atoms with van der Waals surface area (Å²) >= 11 is 1.12. The van der Waals surface area contributed by atoms with Crippen LogP contribution in [0.15, 0.2) is 41.6 Å². The van der Waals surface area contributed by atoms with Gasteiger partial charge < -0.3 is 14.4 Å². The average molecular weight is 426 g/mol. The maximum absolute atomic E-state index is 12.8. The van der Waals surface area contributed by atoms with Gasteiger partial charge in [-0.1, -0.05) is 11.8 Å². The molecule has 1 amide bonds. The van der Waals surface area contributed by atoms with Crippen LogP contribution in [0.3, 0.4) is 0 Å². The van der Waals surface area contributed by atoms with Crippen molar-refractivity contribution in [1.82, 2.24) is 9.88 Å². The van der Waals surface area contributed by atoms with Gasteiger partial charge in [-0.2, -0.15) is 13.2 Å². The molecule has 5 nitrogen and oxygen atoms in total. The summed E-state index contributed by atoms with van der Waals surface area (Å²) in [6, 6.07) is 7.62. The summed E-state index contributed by atoms with van der Waals surface area (Å²) in [7, 11) is 3.16. The molecule has 1 unspecified atom stereocenters. The van der Waals surface area contributed by atoms with Crippen molar-refractivity contribution in [3.05, 3.63) is 47.7 Å². The lowest BCUT2D eigenvalue weighted by molar-refractivity contribution is -0.138. The fourth-order valence-corrected chi connectivity index (χ4v) is 4.07. The number of amides is 1. The van der Waals surface area contributed by atoms with Crippen LogP contribution in [-0.2, 0) is 11.0 Å². The van der Waals surface area contributed by atoms with E-state index in [2.05, 4.69) is 4.98 Å². The van der Waals surface area contributed by atoms with Crippen molar-refractivity contribution in [2.24, 2.45) is 0 Å². The first-order valence-electron chi connectivity index (χ1n) is 9.01. The second kappa shape index (κ2) is 8.94. The molecule has 0 bridgehead atoms. The van der Waals surface area contributed by atoms with Crippen LogP contribution in [0.4, 0.5) is 13.2 Å². The van der Waals surface area contributed by atoms with E-state index in [1.165, 1.54) is 6.07 Å². The Balaban J connectivity index is 1.69. The molecule has 3 rings (SSSR count). The van der Waals surface area contributed by atoms with Gasteiger partial charge in [0.2, 0.25) is 5.91 Å². The Morgan fingerprint density at radius 2 is 2.03 bits per heavy atom. The second-order valence-electron chi connectivity index (χ2n) is 6.52. The predicted molar refractivity (Wildman–Crippen MR) is 103 cm³/mol. The molecule has 0 aliphatic carbocycles. The van der Waals surface area contributed by atoms with E-state index in [0.717, 1.165) is 42.4 Å². The van der Waals surface area contributed by atoms with Crippen molar-refractivity contribution in [3.63, 3.8) is 0 Å². The molecule has 1 aromatic heterocycles. The van der Waals surface area contributed by atoms with E-state index < -0.39 is 11.7 Å². The number of halogens is 3. The van der Waals surface area contributed by atoms with Gasteiger partial charge in [0.1, 0.15) is 11.5 Å². The predicted octanol–water partition coefficient (Wildman–Crippen LogP) is 4.57. The Morgan fingerprint density at radius 1 is 1.24 bits per heavy atom. The first-order valence-corrected chi connectivity index (χ1v) is 9.99. The zero-order valence-corrected chi connectivity index (χ0v) is 16.8. The summed E-state index contributed by atoms with van der Waals surface area (Å²) in [4.78, 5) is 18.4. The van der Waals surface area contributed by atoms with Gasteiger partial charge in [0.25, 0.3) is 0 Å². The smallest absolute Gasteiger partial charge is 0.417 e. The number of hydrogen-bond acceptors (Lipinski definition) is 5. The summed E-state index contributed by atoms with van der Waals surface area (Å²) in [6.07, 6.45) is -1.98. The number of rotatable bonds is 6. The third-order valence-electron chi connectivity index (χ3n) is 4.78. The van der Waals surface area contributed by atoms with E-state index in [-0.39, 0.29) is 17.7 Å². The molecule has 2 heterocycles. The quantitative estimate of drug-likeness (QED) is 0.634. The standard InChI is InChI=1S/C20H21F3N2O3S/c1-27-14-6-7-17(28-2)15(10-14)16-4-3-9-25(16)19(26)12-29-18-8-5-13(11-24-18)20(21,22)23/h5-8,10-11,16H,3-4,9,12H2,1-2H3. The van der Waals surface area contributed by atoms with E-state index in [1.807, 2.05) is 12.1 Å². The summed E-state index contributed by atoms with van der Waals surface area (Å²) in [5.74, 6) is 1.38. The number of methoxy groups -OCH3 is 2. The molecule has 1 fully saturated rings. The van der Waals surface area contributed by atoms with Crippen LogP contribution in [0.2, 0.25) is 0 Å². The Morgan fingerprint density at radius 3 is 2.66 bits per heavy atom. The van der Waals surface area contributed by atoms with Crippen LogP contribution in [0, 0.1) is 0 Å². The molecule has 0 saturated carbocycles.